The van der Waals surface area contributed by atoms with Gasteiger partial charge in [0.05, 0.1) is 30.6 Å². The summed E-state index contributed by atoms with van der Waals surface area (Å²) in [4.78, 5) is 49.2. The van der Waals surface area contributed by atoms with Crippen molar-refractivity contribution in [1.82, 2.24) is 14.7 Å². The summed E-state index contributed by atoms with van der Waals surface area (Å²) in [5, 5.41) is 10.7. The van der Waals surface area contributed by atoms with Crippen LogP contribution in [0.1, 0.15) is 64.4 Å². The van der Waals surface area contributed by atoms with Gasteiger partial charge in [0.1, 0.15) is 11.6 Å². The molecule has 1 aromatic carbocycles. The second-order valence-electron chi connectivity index (χ2n) is 13.1. The molecule has 3 amide bonds. The molecule has 4 fully saturated rings. The van der Waals surface area contributed by atoms with Gasteiger partial charge in [0.15, 0.2) is 0 Å². The molecule has 1 aromatic rings. The van der Waals surface area contributed by atoms with Crippen molar-refractivity contribution < 1.29 is 24.2 Å². The highest BCUT2D eigenvalue weighted by Crippen LogP contribution is 2.61. The zero-order chi connectivity index (χ0) is 31.6. The van der Waals surface area contributed by atoms with Crippen LogP contribution in [0.15, 0.2) is 55.6 Å². The van der Waals surface area contributed by atoms with E-state index < -0.39 is 35.6 Å². The van der Waals surface area contributed by atoms with E-state index in [0.29, 0.717) is 26.1 Å². The van der Waals surface area contributed by atoms with Crippen molar-refractivity contribution in [3.8, 4) is 0 Å². The van der Waals surface area contributed by atoms with E-state index in [4.69, 9.17) is 4.74 Å². The van der Waals surface area contributed by atoms with Gasteiger partial charge in [-0.15, -0.1) is 13.2 Å². The lowest BCUT2D eigenvalue weighted by atomic mass is 9.70. The van der Waals surface area contributed by atoms with Crippen LogP contribution in [0.5, 0.6) is 0 Å². The van der Waals surface area contributed by atoms with E-state index >= 15 is 0 Å². The molecule has 9 heteroatoms. The number of halogens is 1. The van der Waals surface area contributed by atoms with Gasteiger partial charge < -0.3 is 24.5 Å². The van der Waals surface area contributed by atoms with Crippen LogP contribution in [-0.2, 0) is 25.7 Å². The van der Waals surface area contributed by atoms with Crippen molar-refractivity contribution in [2.75, 3.05) is 19.7 Å². The Hall–Kier alpha value is -2.49. The third-order valence-electron chi connectivity index (χ3n) is 10.6. The van der Waals surface area contributed by atoms with E-state index in [1.165, 1.54) is 0 Å². The maximum atomic E-state index is 14.9. The average molecular weight is 671 g/mol. The van der Waals surface area contributed by atoms with Crippen molar-refractivity contribution in [1.29, 1.82) is 0 Å². The average Bonchev–Trinajstić information content (AvgIpc) is 3.63. The minimum atomic E-state index is -1.17. The molecule has 240 valence electrons. The molecule has 1 N–H and O–H groups in total. The number of carbonyl (C=O) groups is 3. The number of hydrogen-bond donors (Lipinski definition) is 1. The first-order chi connectivity index (χ1) is 21.2. The molecule has 8 atom stereocenters. The lowest BCUT2D eigenvalue weighted by molar-refractivity contribution is -0.154. The predicted octanol–water partition coefficient (Wildman–Crippen LogP) is 4.70. The van der Waals surface area contributed by atoms with Crippen LogP contribution in [0.3, 0.4) is 0 Å². The van der Waals surface area contributed by atoms with Crippen LogP contribution < -0.4 is 0 Å². The number of amides is 3. The topological polar surface area (TPSA) is 90.4 Å². The lowest BCUT2D eigenvalue weighted by Gasteiger charge is -2.43. The van der Waals surface area contributed by atoms with E-state index in [2.05, 4.69) is 29.1 Å². The molecule has 2 bridgehead atoms. The second kappa shape index (κ2) is 13.9. The van der Waals surface area contributed by atoms with Gasteiger partial charge >= 0.3 is 0 Å². The number of rotatable bonds is 13. The van der Waals surface area contributed by atoms with Crippen LogP contribution in [0.25, 0.3) is 0 Å². The molecule has 44 heavy (non-hydrogen) atoms. The Morgan fingerprint density at radius 3 is 2.43 bits per heavy atom. The van der Waals surface area contributed by atoms with Gasteiger partial charge in [-0.2, -0.15) is 0 Å². The molecule has 5 rings (SSSR count). The largest absolute Gasteiger partial charge is 0.394 e. The zero-order valence-corrected chi connectivity index (χ0v) is 27.7. The monoisotopic (exact) mass is 669 g/mol. The first kappa shape index (κ1) is 32.9. The van der Waals surface area contributed by atoms with Crippen molar-refractivity contribution in [2.24, 2.45) is 17.8 Å². The molecule has 0 aromatic heterocycles. The molecule has 3 saturated heterocycles. The third kappa shape index (κ3) is 5.69. The van der Waals surface area contributed by atoms with Gasteiger partial charge in [-0.1, -0.05) is 97.9 Å². The number of fused-ring (bicyclic) bond motifs is 1. The molecule has 3 aliphatic heterocycles. The van der Waals surface area contributed by atoms with E-state index in [9.17, 15) is 19.5 Å². The number of benzene rings is 1. The Bertz CT molecular complexity index is 1220. The van der Waals surface area contributed by atoms with Gasteiger partial charge in [-0.3, -0.25) is 14.4 Å². The fourth-order valence-corrected chi connectivity index (χ4v) is 9.25. The van der Waals surface area contributed by atoms with Gasteiger partial charge in [0.2, 0.25) is 17.7 Å². The maximum absolute atomic E-state index is 14.9. The first-order valence-electron chi connectivity index (χ1n) is 16.3. The molecule has 3 heterocycles. The summed E-state index contributed by atoms with van der Waals surface area (Å²) in [6.07, 6.45) is 9.15. The highest BCUT2D eigenvalue weighted by Gasteiger charge is 2.77. The normalized spacial score (nSPS) is 31.0. The molecule has 0 radical (unpaired) electrons. The number of alkyl halides is 1. The van der Waals surface area contributed by atoms with Gasteiger partial charge in [0.25, 0.3) is 0 Å². The Morgan fingerprint density at radius 1 is 1.14 bits per heavy atom. The van der Waals surface area contributed by atoms with Crippen LogP contribution in [0.4, 0.5) is 0 Å². The SMILES string of the molecule is C=CCN(Cc1ccccc1)C(=O)[C@H]1[C@@H]2OC3(CC2Br)C(C(=O)N(CC=C)C2CCCCC2)N([C@@H](CO)[C@@H](C)CC)C(=O)[C@H]13. The van der Waals surface area contributed by atoms with Crippen LogP contribution >= 0.6 is 15.9 Å². The smallest absolute Gasteiger partial charge is 0.248 e. The molecule has 1 saturated carbocycles. The summed E-state index contributed by atoms with van der Waals surface area (Å²) in [6, 6.07) is 8.33. The van der Waals surface area contributed by atoms with Crippen molar-refractivity contribution in [3.05, 3.63) is 61.2 Å². The Balaban J connectivity index is 1.58. The third-order valence-corrected chi connectivity index (χ3v) is 11.4. The molecular weight excluding hydrogens is 622 g/mol. The summed E-state index contributed by atoms with van der Waals surface area (Å²) in [5.41, 5.74) is -0.191. The molecule has 4 aliphatic rings. The Morgan fingerprint density at radius 2 is 1.82 bits per heavy atom. The number of carbonyl (C=O) groups excluding carboxylic acids is 3. The molecular formula is C35H48BrN3O5. The number of aliphatic hydroxyl groups excluding tert-OH is 1. The van der Waals surface area contributed by atoms with Gasteiger partial charge in [0, 0.05) is 30.5 Å². The standard InChI is InChI=1S/C35H48BrN3O5/c1-5-18-37(21-24-14-10-8-11-15-24)32(41)28-29-33(42)39(27(22-40)23(4)7-3)31(35(29)20-26(36)30(28)44-35)34(43)38(19-6-2)25-16-12-9-13-17-25/h5-6,8,10-11,14-15,23,25-31,40H,1-2,7,9,12-13,16-22H2,3-4H3/t23-,26?,27-,28+,29-,30+,31?,35?/m0/s1. The number of hydrogen-bond acceptors (Lipinski definition) is 5. The van der Waals surface area contributed by atoms with Gasteiger partial charge in [-0.05, 0) is 30.7 Å². The van der Waals surface area contributed by atoms with E-state index in [0.717, 1.165) is 44.1 Å². The minimum Gasteiger partial charge on any atom is -0.394 e. The summed E-state index contributed by atoms with van der Waals surface area (Å²) >= 11 is 3.81. The predicted molar refractivity (Wildman–Crippen MR) is 174 cm³/mol. The first-order valence-corrected chi connectivity index (χ1v) is 17.2. The van der Waals surface area contributed by atoms with Crippen LogP contribution in [-0.4, -0.2) is 91.9 Å². The van der Waals surface area contributed by atoms with Crippen LogP contribution in [0, 0.1) is 17.8 Å². The molecule has 1 spiro atoms. The Labute approximate surface area is 270 Å². The highest BCUT2D eigenvalue weighted by molar-refractivity contribution is 9.09. The fourth-order valence-electron chi connectivity index (χ4n) is 8.31. The number of likely N-dealkylation sites (tertiary alicyclic amines) is 1. The maximum Gasteiger partial charge on any atom is 0.248 e. The van der Waals surface area contributed by atoms with Gasteiger partial charge in [-0.25, -0.2) is 0 Å². The highest BCUT2D eigenvalue weighted by atomic mass is 79.9. The van der Waals surface area contributed by atoms with E-state index in [-0.39, 0.29) is 41.1 Å². The Kier molecular flexibility index (Phi) is 10.4. The second-order valence-corrected chi connectivity index (χ2v) is 14.3. The summed E-state index contributed by atoms with van der Waals surface area (Å²) in [6.45, 7) is 12.7. The van der Waals surface area contributed by atoms with Crippen LogP contribution in [0.2, 0.25) is 0 Å². The van der Waals surface area contributed by atoms with Crippen molar-refractivity contribution in [2.45, 2.75) is 100.0 Å². The van der Waals surface area contributed by atoms with E-state index in [1.807, 2.05) is 49.1 Å². The quantitative estimate of drug-likeness (QED) is 0.243. The minimum absolute atomic E-state index is 0.0570. The number of nitrogens with zero attached hydrogens (tertiary/aromatic N) is 3. The summed E-state index contributed by atoms with van der Waals surface area (Å²) < 4.78 is 6.83. The molecule has 1 aliphatic carbocycles. The summed E-state index contributed by atoms with van der Waals surface area (Å²) in [5.74, 6) is -2.23. The van der Waals surface area contributed by atoms with Crippen molar-refractivity contribution in [3.63, 3.8) is 0 Å². The number of aliphatic hydroxyl groups is 1. The fraction of sp³-hybridized carbons (Fsp3) is 0.629. The zero-order valence-electron chi connectivity index (χ0n) is 26.2. The summed E-state index contributed by atoms with van der Waals surface area (Å²) in [7, 11) is 0. The molecule has 3 unspecified atom stereocenters. The lowest BCUT2D eigenvalue weighted by Crippen LogP contribution is -2.61. The van der Waals surface area contributed by atoms with Crippen molar-refractivity contribution >= 4 is 33.7 Å². The number of ether oxygens (including phenoxy) is 1. The van der Waals surface area contributed by atoms with E-state index in [1.54, 1.807) is 22.0 Å². The molecule has 8 nitrogen and oxygen atoms in total.